The van der Waals surface area contributed by atoms with E-state index in [1.807, 2.05) is 13.8 Å². The van der Waals surface area contributed by atoms with Crippen LogP contribution in [0.1, 0.15) is 56.3 Å². The van der Waals surface area contributed by atoms with Gasteiger partial charge in [-0.1, -0.05) is 6.92 Å². The average Bonchev–Trinajstić information content (AvgIpc) is 2.53. The number of aromatic nitrogens is 1. The summed E-state index contributed by atoms with van der Waals surface area (Å²) in [6, 6.07) is 0. The zero-order valence-corrected chi connectivity index (χ0v) is 13.1. The number of pyridine rings is 1. The number of carbonyl (C=O) groups excluding carboxylic acids is 1. The van der Waals surface area contributed by atoms with Gasteiger partial charge in [0.15, 0.2) is 12.0 Å². The van der Waals surface area contributed by atoms with Crippen LogP contribution in [0.2, 0.25) is 0 Å². The third kappa shape index (κ3) is 3.47. The van der Waals surface area contributed by atoms with Crippen LogP contribution >= 0.6 is 0 Å². The van der Waals surface area contributed by atoms with Crippen LogP contribution in [0.4, 0.5) is 0 Å². The molecule has 1 atom stereocenters. The van der Waals surface area contributed by atoms with E-state index in [9.17, 15) is 15.0 Å². The predicted molar refractivity (Wildman–Crippen MR) is 83.2 cm³/mol. The standard InChI is InChI=1S/C17H23NO4/c1-3-17(2,21)14-7-5-4-6-12(14)11-22-16-9-18-8-15(20)13(16)10-19/h8-10,20-21H,3-7,11H2,1-2H3. The van der Waals surface area contributed by atoms with Crippen molar-refractivity contribution in [2.75, 3.05) is 6.61 Å². The van der Waals surface area contributed by atoms with Crippen LogP contribution in [0, 0.1) is 0 Å². The Labute approximate surface area is 130 Å². The summed E-state index contributed by atoms with van der Waals surface area (Å²) in [5.74, 6) is 0.0782. The fraction of sp³-hybridized carbons (Fsp3) is 0.529. The van der Waals surface area contributed by atoms with Crippen molar-refractivity contribution in [2.45, 2.75) is 51.6 Å². The smallest absolute Gasteiger partial charge is 0.157 e. The lowest BCUT2D eigenvalue weighted by atomic mass is 9.81. The molecule has 120 valence electrons. The summed E-state index contributed by atoms with van der Waals surface area (Å²) in [6.07, 6.45) is 7.74. The van der Waals surface area contributed by atoms with Gasteiger partial charge in [-0.25, -0.2) is 0 Å². The van der Waals surface area contributed by atoms with E-state index in [0.29, 0.717) is 19.3 Å². The molecule has 5 nitrogen and oxygen atoms in total. The number of nitrogens with zero attached hydrogens (tertiary/aromatic N) is 1. The van der Waals surface area contributed by atoms with E-state index in [-0.39, 0.29) is 17.1 Å². The first-order chi connectivity index (χ1) is 10.5. The second-order valence-electron chi connectivity index (χ2n) is 5.89. The zero-order chi connectivity index (χ0) is 16.2. The highest BCUT2D eigenvalue weighted by Gasteiger charge is 2.28. The van der Waals surface area contributed by atoms with Crippen LogP contribution in [0.25, 0.3) is 0 Å². The molecule has 1 aromatic rings. The molecule has 5 heteroatoms. The van der Waals surface area contributed by atoms with Crippen molar-refractivity contribution in [1.82, 2.24) is 4.98 Å². The van der Waals surface area contributed by atoms with Gasteiger partial charge in [-0.3, -0.25) is 9.78 Å². The Morgan fingerprint density at radius 2 is 2.09 bits per heavy atom. The molecular formula is C17H23NO4. The number of aromatic hydroxyl groups is 1. The molecule has 22 heavy (non-hydrogen) atoms. The van der Waals surface area contributed by atoms with E-state index in [2.05, 4.69) is 4.98 Å². The largest absolute Gasteiger partial charge is 0.505 e. The van der Waals surface area contributed by atoms with Gasteiger partial charge >= 0.3 is 0 Å². The Morgan fingerprint density at radius 1 is 1.36 bits per heavy atom. The first-order valence-corrected chi connectivity index (χ1v) is 7.68. The topological polar surface area (TPSA) is 79.7 Å². The Balaban J connectivity index is 2.22. The highest BCUT2D eigenvalue weighted by molar-refractivity contribution is 5.82. The zero-order valence-electron chi connectivity index (χ0n) is 13.1. The maximum absolute atomic E-state index is 11.0. The first-order valence-electron chi connectivity index (χ1n) is 7.68. The predicted octanol–water partition coefficient (Wildman–Crippen LogP) is 3.01. The third-order valence-electron chi connectivity index (χ3n) is 4.37. The SMILES string of the molecule is CCC(C)(O)C1=C(COc2cncc(O)c2C=O)CCCC1. The Kier molecular flexibility index (Phi) is 5.19. The quantitative estimate of drug-likeness (QED) is 0.624. The van der Waals surface area contributed by atoms with Crippen molar-refractivity contribution in [2.24, 2.45) is 0 Å². The Bertz CT molecular complexity index is 578. The second-order valence-corrected chi connectivity index (χ2v) is 5.89. The van der Waals surface area contributed by atoms with Crippen molar-refractivity contribution in [1.29, 1.82) is 0 Å². The fourth-order valence-corrected chi connectivity index (χ4v) is 2.83. The molecular weight excluding hydrogens is 282 g/mol. The lowest BCUT2D eigenvalue weighted by Crippen LogP contribution is -2.29. The van der Waals surface area contributed by atoms with Crippen LogP contribution in [0.15, 0.2) is 23.5 Å². The lowest BCUT2D eigenvalue weighted by molar-refractivity contribution is 0.0861. The molecule has 1 unspecified atom stereocenters. The summed E-state index contributed by atoms with van der Waals surface area (Å²) in [4.78, 5) is 14.9. The molecule has 1 heterocycles. The summed E-state index contributed by atoms with van der Waals surface area (Å²) in [5.41, 5.74) is 1.42. The summed E-state index contributed by atoms with van der Waals surface area (Å²) in [7, 11) is 0. The van der Waals surface area contributed by atoms with Crippen LogP contribution in [0.3, 0.4) is 0 Å². The van der Waals surface area contributed by atoms with Gasteiger partial charge in [-0.05, 0) is 50.2 Å². The van der Waals surface area contributed by atoms with E-state index >= 15 is 0 Å². The molecule has 0 saturated heterocycles. The van der Waals surface area contributed by atoms with Gasteiger partial charge in [0, 0.05) is 0 Å². The van der Waals surface area contributed by atoms with Crippen LogP contribution < -0.4 is 4.74 Å². The maximum Gasteiger partial charge on any atom is 0.157 e. The molecule has 2 rings (SSSR count). The number of ether oxygens (including phenoxy) is 1. The molecule has 0 amide bonds. The molecule has 1 aromatic heterocycles. The minimum Gasteiger partial charge on any atom is -0.505 e. The van der Waals surface area contributed by atoms with Gasteiger partial charge in [-0.15, -0.1) is 0 Å². The molecule has 2 N–H and O–H groups in total. The number of carbonyl (C=O) groups is 1. The van der Waals surface area contributed by atoms with Crippen LogP contribution in [-0.4, -0.2) is 33.7 Å². The Hall–Kier alpha value is -1.88. The third-order valence-corrected chi connectivity index (χ3v) is 4.37. The van der Waals surface area contributed by atoms with Gasteiger partial charge in [-0.2, -0.15) is 0 Å². The fourth-order valence-electron chi connectivity index (χ4n) is 2.83. The number of rotatable bonds is 6. The summed E-state index contributed by atoms with van der Waals surface area (Å²) in [5, 5.41) is 20.2. The van der Waals surface area contributed by atoms with Crippen molar-refractivity contribution in [3.05, 3.63) is 29.1 Å². The molecule has 0 aromatic carbocycles. The lowest BCUT2D eigenvalue weighted by Gasteiger charge is -2.31. The molecule has 1 aliphatic carbocycles. The highest BCUT2D eigenvalue weighted by Crippen LogP contribution is 2.35. The number of hydrogen-bond acceptors (Lipinski definition) is 5. The molecule has 0 aliphatic heterocycles. The van der Waals surface area contributed by atoms with Crippen LogP contribution in [0.5, 0.6) is 11.5 Å². The van der Waals surface area contributed by atoms with Gasteiger partial charge in [0.25, 0.3) is 0 Å². The number of hydrogen-bond donors (Lipinski definition) is 2. The number of aldehydes is 1. The van der Waals surface area contributed by atoms with Crippen LogP contribution in [-0.2, 0) is 0 Å². The van der Waals surface area contributed by atoms with E-state index in [4.69, 9.17) is 4.74 Å². The molecule has 0 bridgehead atoms. The molecule has 0 saturated carbocycles. The normalized spacial score (nSPS) is 18.0. The van der Waals surface area contributed by atoms with Crippen molar-refractivity contribution < 1.29 is 19.7 Å². The molecule has 0 radical (unpaired) electrons. The number of aliphatic hydroxyl groups is 1. The van der Waals surface area contributed by atoms with E-state index in [1.54, 1.807) is 0 Å². The summed E-state index contributed by atoms with van der Waals surface area (Å²) in [6.45, 7) is 4.10. The second kappa shape index (κ2) is 6.92. The summed E-state index contributed by atoms with van der Waals surface area (Å²) >= 11 is 0. The maximum atomic E-state index is 11.0. The van der Waals surface area contributed by atoms with Crippen molar-refractivity contribution in [3.63, 3.8) is 0 Å². The van der Waals surface area contributed by atoms with Gasteiger partial charge in [0.1, 0.15) is 17.9 Å². The molecule has 0 spiro atoms. The molecule has 0 fully saturated rings. The highest BCUT2D eigenvalue weighted by atomic mass is 16.5. The van der Waals surface area contributed by atoms with Gasteiger partial charge < -0.3 is 14.9 Å². The van der Waals surface area contributed by atoms with E-state index < -0.39 is 5.60 Å². The van der Waals surface area contributed by atoms with Gasteiger partial charge in [0.2, 0.25) is 0 Å². The molecule has 1 aliphatic rings. The Morgan fingerprint density at radius 3 is 2.77 bits per heavy atom. The average molecular weight is 305 g/mol. The minimum absolute atomic E-state index is 0.107. The first kappa shape index (κ1) is 16.5. The van der Waals surface area contributed by atoms with E-state index in [0.717, 1.165) is 36.8 Å². The monoisotopic (exact) mass is 305 g/mol. The van der Waals surface area contributed by atoms with E-state index in [1.165, 1.54) is 12.4 Å². The van der Waals surface area contributed by atoms with Crippen molar-refractivity contribution in [3.8, 4) is 11.5 Å². The minimum atomic E-state index is -0.816. The van der Waals surface area contributed by atoms with Crippen molar-refractivity contribution >= 4 is 6.29 Å². The summed E-state index contributed by atoms with van der Waals surface area (Å²) < 4.78 is 5.70. The van der Waals surface area contributed by atoms with Gasteiger partial charge in [0.05, 0.1) is 18.0 Å².